The molecule has 2 aromatic heterocycles. The number of aryl methyl sites for hydroxylation is 1. The summed E-state index contributed by atoms with van der Waals surface area (Å²) in [4.78, 5) is 24.9. The SMILES string of the molecule is Cc1ccsc1C(=O)NCCn1cc(C(=O)NCc2ccccc2)nn1. The number of rotatable bonds is 7. The fourth-order valence-corrected chi connectivity index (χ4v) is 3.19. The van der Waals surface area contributed by atoms with E-state index in [4.69, 9.17) is 0 Å². The molecule has 2 N–H and O–H groups in total. The van der Waals surface area contributed by atoms with Gasteiger partial charge in [0.05, 0.1) is 17.6 Å². The van der Waals surface area contributed by atoms with Crippen LogP contribution in [0.25, 0.3) is 0 Å². The predicted octanol–water partition coefficient (Wildman–Crippen LogP) is 2.01. The third kappa shape index (κ3) is 4.54. The van der Waals surface area contributed by atoms with Crippen LogP contribution in [0.15, 0.2) is 48.0 Å². The highest BCUT2D eigenvalue weighted by Crippen LogP contribution is 2.14. The third-order valence-electron chi connectivity index (χ3n) is 3.76. The summed E-state index contributed by atoms with van der Waals surface area (Å²) >= 11 is 1.42. The summed E-state index contributed by atoms with van der Waals surface area (Å²) in [6.45, 7) is 3.19. The van der Waals surface area contributed by atoms with E-state index in [2.05, 4.69) is 20.9 Å². The lowest BCUT2D eigenvalue weighted by molar-refractivity contribution is 0.0940. The minimum Gasteiger partial charge on any atom is -0.349 e. The standard InChI is InChI=1S/C18H19N5O2S/c1-13-7-10-26-16(13)18(25)19-8-9-23-12-15(21-22-23)17(24)20-11-14-5-3-2-4-6-14/h2-7,10,12H,8-9,11H2,1H3,(H,19,25)(H,20,24). The molecule has 0 bridgehead atoms. The van der Waals surface area contributed by atoms with Crippen molar-refractivity contribution >= 4 is 23.2 Å². The number of nitrogens with zero attached hydrogens (tertiary/aromatic N) is 3. The van der Waals surface area contributed by atoms with Crippen LogP contribution in [0.2, 0.25) is 0 Å². The third-order valence-corrected chi connectivity index (χ3v) is 4.78. The molecule has 3 aromatic rings. The monoisotopic (exact) mass is 369 g/mol. The quantitative estimate of drug-likeness (QED) is 0.667. The van der Waals surface area contributed by atoms with Crippen molar-refractivity contribution in [3.63, 3.8) is 0 Å². The molecule has 26 heavy (non-hydrogen) atoms. The number of nitrogens with one attached hydrogen (secondary N) is 2. The summed E-state index contributed by atoms with van der Waals surface area (Å²) in [5, 5.41) is 15.3. The zero-order valence-electron chi connectivity index (χ0n) is 14.3. The van der Waals surface area contributed by atoms with Crippen molar-refractivity contribution in [1.82, 2.24) is 25.6 Å². The molecule has 3 rings (SSSR count). The fourth-order valence-electron chi connectivity index (χ4n) is 2.35. The largest absolute Gasteiger partial charge is 0.349 e. The second kappa shape index (κ2) is 8.39. The van der Waals surface area contributed by atoms with Gasteiger partial charge in [0.2, 0.25) is 0 Å². The molecular weight excluding hydrogens is 350 g/mol. The van der Waals surface area contributed by atoms with Gasteiger partial charge in [0.15, 0.2) is 5.69 Å². The van der Waals surface area contributed by atoms with Gasteiger partial charge in [-0.25, -0.2) is 4.68 Å². The molecule has 134 valence electrons. The molecule has 2 heterocycles. The van der Waals surface area contributed by atoms with Crippen LogP contribution in [-0.4, -0.2) is 33.4 Å². The topological polar surface area (TPSA) is 88.9 Å². The number of hydrogen-bond acceptors (Lipinski definition) is 5. The van der Waals surface area contributed by atoms with E-state index in [1.807, 2.05) is 48.7 Å². The molecular formula is C18H19N5O2S. The molecule has 7 nitrogen and oxygen atoms in total. The number of amides is 2. The first-order valence-corrected chi connectivity index (χ1v) is 9.06. The molecule has 0 spiro atoms. The number of benzene rings is 1. The molecule has 0 aliphatic carbocycles. The van der Waals surface area contributed by atoms with Gasteiger partial charge in [-0.2, -0.15) is 0 Å². The first-order valence-electron chi connectivity index (χ1n) is 8.18. The van der Waals surface area contributed by atoms with Crippen LogP contribution in [0.3, 0.4) is 0 Å². The van der Waals surface area contributed by atoms with E-state index in [1.165, 1.54) is 11.3 Å². The Kier molecular flexibility index (Phi) is 5.75. The maximum atomic E-state index is 12.1. The van der Waals surface area contributed by atoms with Crippen molar-refractivity contribution in [1.29, 1.82) is 0 Å². The van der Waals surface area contributed by atoms with E-state index < -0.39 is 0 Å². The molecule has 2 amide bonds. The van der Waals surface area contributed by atoms with Gasteiger partial charge in [-0.1, -0.05) is 35.5 Å². The summed E-state index contributed by atoms with van der Waals surface area (Å²) in [5.74, 6) is -0.378. The Balaban J connectivity index is 1.46. The number of carbonyl (C=O) groups excluding carboxylic acids is 2. The van der Waals surface area contributed by atoms with Crippen LogP contribution in [0, 0.1) is 6.92 Å². The first kappa shape index (κ1) is 17.8. The Bertz CT molecular complexity index is 888. The van der Waals surface area contributed by atoms with Crippen molar-refractivity contribution in [3.05, 3.63) is 69.7 Å². The summed E-state index contributed by atoms with van der Waals surface area (Å²) in [5.41, 5.74) is 2.23. The van der Waals surface area contributed by atoms with Crippen molar-refractivity contribution in [2.75, 3.05) is 6.54 Å². The van der Waals surface area contributed by atoms with Gasteiger partial charge in [-0.3, -0.25) is 9.59 Å². The Morgan fingerprint density at radius 3 is 2.65 bits per heavy atom. The van der Waals surface area contributed by atoms with Crippen LogP contribution in [0.4, 0.5) is 0 Å². The zero-order valence-corrected chi connectivity index (χ0v) is 15.1. The lowest BCUT2D eigenvalue weighted by atomic mass is 10.2. The Morgan fingerprint density at radius 1 is 1.12 bits per heavy atom. The summed E-state index contributed by atoms with van der Waals surface area (Å²) in [6, 6.07) is 11.6. The van der Waals surface area contributed by atoms with Crippen molar-refractivity contribution in [2.24, 2.45) is 0 Å². The molecule has 0 aliphatic heterocycles. The second-order valence-electron chi connectivity index (χ2n) is 5.72. The van der Waals surface area contributed by atoms with Crippen LogP contribution in [0.5, 0.6) is 0 Å². The lowest BCUT2D eigenvalue weighted by Gasteiger charge is -2.04. The van der Waals surface area contributed by atoms with Gasteiger partial charge in [0, 0.05) is 13.1 Å². The summed E-state index contributed by atoms with van der Waals surface area (Å²) in [7, 11) is 0. The minimum atomic E-state index is -0.279. The Labute approximate surface area is 155 Å². The normalized spacial score (nSPS) is 10.5. The average Bonchev–Trinajstić information content (AvgIpc) is 3.29. The predicted molar refractivity (Wildman–Crippen MR) is 99.0 cm³/mol. The average molecular weight is 369 g/mol. The van der Waals surface area contributed by atoms with Gasteiger partial charge in [0.25, 0.3) is 11.8 Å². The molecule has 0 saturated heterocycles. The van der Waals surface area contributed by atoms with E-state index >= 15 is 0 Å². The van der Waals surface area contributed by atoms with Gasteiger partial charge >= 0.3 is 0 Å². The van der Waals surface area contributed by atoms with Gasteiger partial charge < -0.3 is 10.6 Å². The first-order chi connectivity index (χ1) is 12.6. The van der Waals surface area contributed by atoms with E-state index in [-0.39, 0.29) is 17.5 Å². The van der Waals surface area contributed by atoms with Crippen LogP contribution in [0.1, 0.15) is 31.3 Å². The molecule has 0 aliphatic rings. The van der Waals surface area contributed by atoms with Gasteiger partial charge in [0.1, 0.15) is 0 Å². The highest BCUT2D eigenvalue weighted by molar-refractivity contribution is 7.12. The zero-order chi connectivity index (χ0) is 18.4. The highest BCUT2D eigenvalue weighted by Gasteiger charge is 2.12. The van der Waals surface area contributed by atoms with E-state index in [0.717, 1.165) is 11.1 Å². The molecule has 1 aromatic carbocycles. The number of carbonyl (C=O) groups is 2. The minimum absolute atomic E-state index is 0.0987. The lowest BCUT2D eigenvalue weighted by Crippen LogP contribution is -2.27. The molecule has 0 saturated carbocycles. The van der Waals surface area contributed by atoms with Crippen molar-refractivity contribution < 1.29 is 9.59 Å². The van der Waals surface area contributed by atoms with Crippen LogP contribution < -0.4 is 10.6 Å². The number of thiophene rings is 1. The second-order valence-corrected chi connectivity index (χ2v) is 6.64. The molecule has 8 heteroatoms. The van der Waals surface area contributed by atoms with E-state index in [0.29, 0.717) is 24.5 Å². The fraction of sp³-hybridized carbons (Fsp3) is 0.222. The molecule has 0 fully saturated rings. The highest BCUT2D eigenvalue weighted by atomic mass is 32.1. The van der Waals surface area contributed by atoms with Crippen molar-refractivity contribution in [2.45, 2.75) is 20.0 Å². The van der Waals surface area contributed by atoms with Gasteiger partial charge in [-0.05, 0) is 29.5 Å². The molecule has 0 radical (unpaired) electrons. The van der Waals surface area contributed by atoms with Crippen molar-refractivity contribution in [3.8, 4) is 0 Å². The van der Waals surface area contributed by atoms with Crippen LogP contribution in [-0.2, 0) is 13.1 Å². The number of hydrogen-bond donors (Lipinski definition) is 2. The Hall–Kier alpha value is -3.00. The summed E-state index contributed by atoms with van der Waals surface area (Å²) < 4.78 is 1.54. The van der Waals surface area contributed by atoms with E-state index in [1.54, 1.807) is 10.9 Å². The summed E-state index contributed by atoms with van der Waals surface area (Å²) in [6.07, 6.45) is 1.57. The van der Waals surface area contributed by atoms with Crippen LogP contribution >= 0.6 is 11.3 Å². The Morgan fingerprint density at radius 2 is 1.92 bits per heavy atom. The maximum Gasteiger partial charge on any atom is 0.273 e. The van der Waals surface area contributed by atoms with Gasteiger partial charge in [-0.15, -0.1) is 16.4 Å². The number of aromatic nitrogens is 3. The molecule has 0 atom stereocenters. The smallest absolute Gasteiger partial charge is 0.273 e. The molecule has 0 unspecified atom stereocenters. The van der Waals surface area contributed by atoms with E-state index in [9.17, 15) is 9.59 Å². The maximum absolute atomic E-state index is 12.1.